The van der Waals surface area contributed by atoms with Crippen LogP contribution >= 0.6 is 0 Å². The van der Waals surface area contributed by atoms with Gasteiger partial charge in [-0.3, -0.25) is 10.1 Å². The Morgan fingerprint density at radius 2 is 1.77 bits per heavy atom. The molecule has 0 saturated heterocycles. The molecule has 2 atom stereocenters. The van der Waals surface area contributed by atoms with Crippen molar-refractivity contribution in [3.63, 3.8) is 0 Å². The number of nitrogens with zero attached hydrogens (tertiary/aromatic N) is 1. The number of carbonyl (C=O) groups excluding carboxylic acids is 2. The molecule has 0 heterocycles. The van der Waals surface area contributed by atoms with Gasteiger partial charge in [0.2, 0.25) is 0 Å². The van der Waals surface area contributed by atoms with E-state index in [-0.39, 0.29) is 30.1 Å². The van der Waals surface area contributed by atoms with Crippen molar-refractivity contribution in [1.82, 2.24) is 0 Å². The van der Waals surface area contributed by atoms with Gasteiger partial charge in [-0.1, -0.05) is 0 Å². The highest BCUT2D eigenvalue weighted by molar-refractivity contribution is 5.89. The van der Waals surface area contributed by atoms with Crippen LogP contribution in [0.1, 0.15) is 50.4 Å². The van der Waals surface area contributed by atoms with Crippen LogP contribution in [0.5, 0.6) is 0 Å². The van der Waals surface area contributed by atoms with E-state index in [0.717, 1.165) is 0 Å². The zero-order valence-electron chi connectivity index (χ0n) is 15.1. The smallest absolute Gasteiger partial charge is 0.338 e. The Bertz CT molecular complexity index is 663. The molecule has 0 radical (unpaired) electrons. The van der Waals surface area contributed by atoms with Crippen molar-refractivity contribution in [2.24, 2.45) is 0 Å². The lowest BCUT2D eigenvalue weighted by Gasteiger charge is -2.20. The summed E-state index contributed by atoms with van der Waals surface area (Å²) in [6.45, 7) is 5.22. The van der Waals surface area contributed by atoms with Gasteiger partial charge in [-0.15, -0.1) is 0 Å². The summed E-state index contributed by atoms with van der Waals surface area (Å²) in [6, 6.07) is 5.26. The monoisotopic (exact) mass is 365 g/mol. The number of ether oxygens (including phenoxy) is 3. The second kappa shape index (κ2) is 8.27. The van der Waals surface area contributed by atoms with E-state index in [1.807, 2.05) is 0 Å². The molecule has 2 unspecified atom stereocenters. The summed E-state index contributed by atoms with van der Waals surface area (Å²) in [7, 11) is 0. The van der Waals surface area contributed by atoms with Gasteiger partial charge in [-0.2, -0.15) is 0 Å². The summed E-state index contributed by atoms with van der Waals surface area (Å²) in [5.74, 6) is -0.957. The van der Waals surface area contributed by atoms with Crippen LogP contribution in [0.15, 0.2) is 24.3 Å². The molecule has 0 amide bonds. The van der Waals surface area contributed by atoms with Crippen molar-refractivity contribution in [1.29, 1.82) is 0 Å². The second-order valence-corrected chi connectivity index (χ2v) is 7.16. The Labute approximate surface area is 151 Å². The maximum absolute atomic E-state index is 12.1. The fraction of sp³-hybridized carbons (Fsp3) is 0.556. The topological polar surface area (TPSA) is 105 Å². The molecule has 2 rings (SSSR count). The molecular formula is C18H23NO7. The molecule has 0 aliphatic heterocycles. The van der Waals surface area contributed by atoms with Crippen LogP contribution in [0.3, 0.4) is 0 Å². The highest BCUT2D eigenvalue weighted by Crippen LogP contribution is 2.26. The number of hydrogen-bond acceptors (Lipinski definition) is 7. The lowest BCUT2D eigenvalue weighted by Crippen LogP contribution is -2.28. The van der Waals surface area contributed by atoms with Gasteiger partial charge in [0.1, 0.15) is 18.3 Å². The predicted octanol–water partition coefficient (Wildman–Crippen LogP) is 3.03. The molecule has 8 nitrogen and oxygen atoms in total. The number of hydrogen-bond donors (Lipinski definition) is 0. The number of esters is 2. The van der Waals surface area contributed by atoms with Crippen LogP contribution < -0.4 is 0 Å². The van der Waals surface area contributed by atoms with E-state index >= 15 is 0 Å². The first-order valence-corrected chi connectivity index (χ1v) is 8.43. The summed E-state index contributed by atoms with van der Waals surface area (Å²) in [5, 5.41) is 10.6. The van der Waals surface area contributed by atoms with Crippen molar-refractivity contribution < 1.29 is 28.7 Å². The number of benzene rings is 1. The van der Waals surface area contributed by atoms with Gasteiger partial charge in [-0.25, -0.2) is 9.59 Å². The zero-order valence-corrected chi connectivity index (χ0v) is 15.1. The van der Waals surface area contributed by atoms with E-state index in [0.29, 0.717) is 19.3 Å². The molecule has 1 aliphatic rings. The molecule has 1 fully saturated rings. The van der Waals surface area contributed by atoms with Crippen molar-refractivity contribution >= 4 is 17.6 Å². The molecule has 26 heavy (non-hydrogen) atoms. The van der Waals surface area contributed by atoms with Gasteiger partial charge < -0.3 is 14.2 Å². The molecule has 0 N–H and O–H groups in total. The molecule has 0 bridgehead atoms. The van der Waals surface area contributed by atoms with Gasteiger partial charge in [0, 0.05) is 18.6 Å². The minimum absolute atomic E-state index is 0.0852. The first-order chi connectivity index (χ1) is 12.1. The zero-order chi connectivity index (χ0) is 19.3. The molecular weight excluding hydrogens is 342 g/mol. The summed E-state index contributed by atoms with van der Waals surface area (Å²) in [6.07, 6.45) is 1.35. The standard InChI is InChI=1S/C18H23NO7/c1-18(2,3)26-16(20)11-24-14-8-9-15(10-14)25-17(21)12-4-6-13(7-5-12)19(22)23/h4-7,14-15H,8-11H2,1-3H3. The molecule has 1 aromatic carbocycles. The van der Waals surface area contributed by atoms with Gasteiger partial charge in [-0.05, 0) is 45.7 Å². The van der Waals surface area contributed by atoms with Crippen LogP contribution in [0.25, 0.3) is 0 Å². The Hall–Kier alpha value is -2.48. The maximum Gasteiger partial charge on any atom is 0.338 e. The third kappa shape index (κ3) is 6.11. The van der Waals surface area contributed by atoms with E-state index < -0.39 is 22.5 Å². The minimum atomic E-state index is -0.557. The number of nitro benzene ring substituents is 1. The largest absolute Gasteiger partial charge is 0.459 e. The fourth-order valence-electron chi connectivity index (χ4n) is 2.65. The van der Waals surface area contributed by atoms with Crippen molar-refractivity contribution in [3.8, 4) is 0 Å². The summed E-state index contributed by atoms with van der Waals surface area (Å²) >= 11 is 0. The van der Waals surface area contributed by atoms with Crippen LogP contribution in [0.4, 0.5) is 5.69 Å². The average molecular weight is 365 g/mol. The van der Waals surface area contributed by atoms with Crippen molar-refractivity contribution in [3.05, 3.63) is 39.9 Å². The first-order valence-electron chi connectivity index (χ1n) is 8.43. The van der Waals surface area contributed by atoms with Gasteiger partial charge in [0.05, 0.1) is 16.6 Å². The van der Waals surface area contributed by atoms with Crippen LogP contribution in [0, 0.1) is 10.1 Å². The highest BCUT2D eigenvalue weighted by Gasteiger charge is 2.29. The molecule has 1 aromatic rings. The highest BCUT2D eigenvalue weighted by atomic mass is 16.6. The number of rotatable bonds is 6. The minimum Gasteiger partial charge on any atom is -0.459 e. The van der Waals surface area contributed by atoms with Crippen LogP contribution in [-0.4, -0.2) is 41.3 Å². The molecule has 1 saturated carbocycles. The van der Waals surface area contributed by atoms with E-state index in [1.165, 1.54) is 24.3 Å². The summed E-state index contributed by atoms with van der Waals surface area (Å²) in [5.41, 5.74) is -0.384. The summed E-state index contributed by atoms with van der Waals surface area (Å²) in [4.78, 5) is 33.9. The lowest BCUT2D eigenvalue weighted by molar-refractivity contribution is -0.384. The quantitative estimate of drug-likeness (QED) is 0.433. The Balaban J connectivity index is 1.77. The number of non-ortho nitro benzene ring substituents is 1. The summed E-state index contributed by atoms with van der Waals surface area (Å²) < 4.78 is 16.1. The molecule has 1 aliphatic carbocycles. The van der Waals surface area contributed by atoms with E-state index in [4.69, 9.17) is 14.2 Å². The van der Waals surface area contributed by atoms with Gasteiger partial charge in [0.15, 0.2) is 0 Å². The average Bonchev–Trinajstić information content (AvgIpc) is 2.99. The fourth-order valence-corrected chi connectivity index (χ4v) is 2.65. The second-order valence-electron chi connectivity index (χ2n) is 7.16. The Morgan fingerprint density at radius 1 is 1.15 bits per heavy atom. The van der Waals surface area contributed by atoms with Crippen molar-refractivity contribution in [2.75, 3.05) is 6.61 Å². The van der Waals surface area contributed by atoms with E-state index in [9.17, 15) is 19.7 Å². The van der Waals surface area contributed by atoms with E-state index in [2.05, 4.69) is 0 Å². The van der Waals surface area contributed by atoms with Crippen LogP contribution in [-0.2, 0) is 19.0 Å². The third-order valence-electron chi connectivity index (χ3n) is 3.78. The predicted molar refractivity (Wildman–Crippen MR) is 91.7 cm³/mol. The first kappa shape index (κ1) is 19.8. The molecule has 8 heteroatoms. The SMILES string of the molecule is CC(C)(C)OC(=O)COC1CCC(OC(=O)c2ccc([N+](=O)[O-])cc2)C1. The van der Waals surface area contributed by atoms with Gasteiger partial charge >= 0.3 is 11.9 Å². The molecule has 142 valence electrons. The normalized spacial score (nSPS) is 19.8. The third-order valence-corrected chi connectivity index (χ3v) is 3.78. The van der Waals surface area contributed by atoms with Crippen LogP contribution in [0.2, 0.25) is 0 Å². The van der Waals surface area contributed by atoms with E-state index in [1.54, 1.807) is 20.8 Å². The Morgan fingerprint density at radius 3 is 2.35 bits per heavy atom. The lowest BCUT2D eigenvalue weighted by atomic mass is 10.2. The maximum atomic E-state index is 12.1. The van der Waals surface area contributed by atoms with Crippen molar-refractivity contribution in [2.45, 2.75) is 57.8 Å². The number of nitro groups is 1. The molecule has 0 aromatic heterocycles. The van der Waals surface area contributed by atoms with Gasteiger partial charge in [0.25, 0.3) is 5.69 Å². The number of carbonyl (C=O) groups is 2. The molecule has 0 spiro atoms. The Kier molecular flexibility index (Phi) is 6.31.